The quantitative estimate of drug-likeness (QED) is 0.745. The standard InChI is InChI=1S/C12H17BrO3/c1-7-5-9(14)6-8(2)11(7)12(16)10(15)3-4-13/h5-6,10,12,14-16H,3-4H2,1-2H3. The SMILES string of the molecule is Cc1cc(O)cc(C)c1C(O)C(O)CCBr. The lowest BCUT2D eigenvalue weighted by Gasteiger charge is -2.21. The van der Waals surface area contributed by atoms with Gasteiger partial charge in [0.1, 0.15) is 11.9 Å². The molecule has 0 spiro atoms. The summed E-state index contributed by atoms with van der Waals surface area (Å²) in [6, 6.07) is 3.18. The lowest BCUT2D eigenvalue weighted by molar-refractivity contribution is 0.0166. The number of aliphatic hydroxyl groups is 2. The molecule has 0 radical (unpaired) electrons. The molecule has 2 atom stereocenters. The number of phenolic OH excluding ortho intramolecular Hbond substituents is 1. The van der Waals surface area contributed by atoms with E-state index in [1.807, 2.05) is 13.8 Å². The van der Waals surface area contributed by atoms with Gasteiger partial charge in [-0.15, -0.1) is 0 Å². The fraction of sp³-hybridized carbons (Fsp3) is 0.500. The Bertz CT molecular complexity index is 342. The van der Waals surface area contributed by atoms with Crippen molar-refractivity contribution in [2.45, 2.75) is 32.5 Å². The lowest BCUT2D eigenvalue weighted by Crippen LogP contribution is -2.20. The van der Waals surface area contributed by atoms with Crippen LogP contribution in [0.15, 0.2) is 12.1 Å². The second-order valence-corrected chi connectivity index (χ2v) is 4.78. The Morgan fingerprint density at radius 3 is 2.12 bits per heavy atom. The highest BCUT2D eigenvalue weighted by atomic mass is 79.9. The Morgan fingerprint density at radius 2 is 1.69 bits per heavy atom. The normalized spacial score (nSPS) is 14.8. The molecule has 16 heavy (non-hydrogen) atoms. The first-order chi connectivity index (χ1) is 7.47. The van der Waals surface area contributed by atoms with E-state index in [0.29, 0.717) is 17.3 Å². The minimum absolute atomic E-state index is 0.181. The van der Waals surface area contributed by atoms with Gasteiger partial charge in [-0.1, -0.05) is 15.9 Å². The zero-order valence-electron chi connectivity index (χ0n) is 9.44. The van der Waals surface area contributed by atoms with Gasteiger partial charge in [0.15, 0.2) is 0 Å². The second kappa shape index (κ2) is 5.66. The van der Waals surface area contributed by atoms with Crippen LogP contribution in [0.5, 0.6) is 5.75 Å². The molecule has 3 N–H and O–H groups in total. The number of aromatic hydroxyl groups is 1. The number of hydrogen-bond acceptors (Lipinski definition) is 3. The largest absolute Gasteiger partial charge is 0.508 e. The number of hydrogen-bond donors (Lipinski definition) is 3. The van der Waals surface area contributed by atoms with Crippen LogP contribution in [-0.2, 0) is 0 Å². The van der Waals surface area contributed by atoms with Crippen LogP contribution >= 0.6 is 15.9 Å². The molecule has 0 aliphatic heterocycles. The maximum absolute atomic E-state index is 10.0. The molecule has 1 aromatic carbocycles. The summed E-state index contributed by atoms with van der Waals surface area (Å²) in [4.78, 5) is 0. The van der Waals surface area contributed by atoms with Crippen molar-refractivity contribution in [3.05, 3.63) is 28.8 Å². The van der Waals surface area contributed by atoms with E-state index in [9.17, 15) is 15.3 Å². The summed E-state index contributed by atoms with van der Waals surface area (Å²) in [5, 5.41) is 29.8. The number of alkyl halides is 1. The van der Waals surface area contributed by atoms with E-state index >= 15 is 0 Å². The monoisotopic (exact) mass is 288 g/mol. The van der Waals surface area contributed by atoms with Crippen LogP contribution < -0.4 is 0 Å². The highest BCUT2D eigenvalue weighted by molar-refractivity contribution is 9.09. The van der Waals surface area contributed by atoms with Gasteiger partial charge in [0.2, 0.25) is 0 Å². The van der Waals surface area contributed by atoms with Gasteiger partial charge in [-0.25, -0.2) is 0 Å². The van der Waals surface area contributed by atoms with Crippen molar-refractivity contribution in [3.8, 4) is 5.75 Å². The third kappa shape index (κ3) is 2.97. The van der Waals surface area contributed by atoms with E-state index in [-0.39, 0.29) is 5.75 Å². The number of rotatable bonds is 4. The average Bonchev–Trinajstić information content (AvgIpc) is 2.16. The van der Waals surface area contributed by atoms with Crippen LogP contribution in [0.3, 0.4) is 0 Å². The number of aliphatic hydroxyl groups excluding tert-OH is 2. The topological polar surface area (TPSA) is 60.7 Å². The minimum Gasteiger partial charge on any atom is -0.508 e. The molecule has 2 unspecified atom stereocenters. The van der Waals surface area contributed by atoms with Crippen molar-refractivity contribution < 1.29 is 15.3 Å². The molecule has 0 aromatic heterocycles. The second-order valence-electron chi connectivity index (χ2n) is 3.98. The molecule has 90 valence electrons. The van der Waals surface area contributed by atoms with Gasteiger partial charge in [0.05, 0.1) is 6.10 Å². The molecule has 0 aliphatic rings. The summed E-state index contributed by atoms with van der Waals surface area (Å²) >= 11 is 3.23. The Morgan fingerprint density at radius 1 is 1.19 bits per heavy atom. The first-order valence-corrected chi connectivity index (χ1v) is 6.31. The molecule has 0 bridgehead atoms. The zero-order chi connectivity index (χ0) is 12.3. The van der Waals surface area contributed by atoms with Crippen LogP contribution in [0.4, 0.5) is 0 Å². The van der Waals surface area contributed by atoms with Gasteiger partial charge < -0.3 is 15.3 Å². The molecular formula is C12H17BrO3. The lowest BCUT2D eigenvalue weighted by atomic mass is 9.93. The smallest absolute Gasteiger partial charge is 0.116 e. The van der Waals surface area contributed by atoms with Crippen molar-refractivity contribution in [1.82, 2.24) is 0 Å². The third-order valence-electron chi connectivity index (χ3n) is 2.64. The zero-order valence-corrected chi connectivity index (χ0v) is 11.0. The first-order valence-electron chi connectivity index (χ1n) is 5.19. The van der Waals surface area contributed by atoms with Gasteiger partial charge in [-0.05, 0) is 49.1 Å². The number of benzene rings is 1. The van der Waals surface area contributed by atoms with Gasteiger partial charge in [0.25, 0.3) is 0 Å². The summed E-state index contributed by atoms with van der Waals surface area (Å²) in [5.41, 5.74) is 2.28. The molecule has 1 rings (SSSR count). The summed E-state index contributed by atoms with van der Waals surface area (Å²) in [7, 11) is 0. The molecular weight excluding hydrogens is 272 g/mol. The maximum atomic E-state index is 10.0. The van der Waals surface area contributed by atoms with Gasteiger partial charge >= 0.3 is 0 Å². The highest BCUT2D eigenvalue weighted by Crippen LogP contribution is 2.29. The van der Waals surface area contributed by atoms with Crippen LogP contribution in [0, 0.1) is 13.8 Å². The minimum atomic E-state index is -0.904. The molecule has 3 nitrogen and oxygen atoms in total. The van der Waals surface area contributed by atoms with Crippen molar-refractivity contribution in [2.24, 2.45) is 0 Å². The van der Waals surface area contributed by atoms with E-state index in [4.69, 9.17) is 0 Å². The molecule has 0 heterocycles. The molecule has 0 amide bonds. The summed E-state index contributed by atoms with van der Waals surface area (Å²) < 4.78 is 0. The average molecular weight is 289 g/mol. The van der Waals surface area contributed by atoms with Crippen molar-refractivity contribution in [2.75, 3.05) is 5.33 Å². The summed E-state index contributed by atoms with van der Waals surface area (Å²) in [6.07, 6.45) is -1.21. The van der Waals surface area contributed by atoms with Crippen LogP contribution in [0.25, 0.3) is 0 Å². The molecule has 0 fully saturated rings. The molecule has 0 saturated heterocycles. The molecule has 0 saturated carbocycles. The van der Waals surface area contributed by atoms with E-state index in [1.54, 1.807) is 12.1 Å². The number of aryl methyl sites for hydroxylation is 2. The number of halogens is 1. The van der Waals surface area contributed by atoms with Crippen molar-refractivity contribution in [3.63, 3.8) is 0 Å². The molecule has 1 aromatic rings. The van der Waals surface area contributed by atoms with E-state index in [2.05, 4.69) is 15.9 Å². The van der Waals surface area contributed by atoms with Crippen LogP contribution in [0.1, 0.15) is 29.2 Å². The highest BCUT2D eigenvalue weighted by Gasteiger charge is 2.21. The van der Waals surface area contributed by atoms with Gasteiger partial charge in [-0.3, -0.25) is 0 Å². The Balaban J connectivity index is 3.03. The van der Waals surface area contributed by atoms with E-state index < -0.39 is 12.2 Å². The first kappa shape index (κ1) is 13.5. The molecule has 0 aliphatic carbocycles. The van der Waals surface area contributed by atoms with Crippen molar-refractivity contribution in [1.29, 1.82) is 0 Å². The fourth-order valence-electron chi connectivity index (χ4n) is 1.88. The Hall–Kier alpha value is -0.580. The maximum Gasteiger partial charge on any atom is 0.116 e. The predicted octanol–water partition coefficient (Wildman–Crippen LogP) is 2.19. The summed E-state index contributed by atoms with van der Waals surface area (Å²) in [5.74, 6) is 0.181. The number of phenols is 1. The van der Waals surface area contributed by atoms with Gasteiger partial charge in [-0.2, -0.15) is 0 Å². The van der Waals surface area contributed by atoms with Crippen molar-refractivity contribution >= 4 is 15.9 Å². The van der Waals surface area contributed by atoms with E-state index in [1.165, 1.54) is 0 Å². The fourth-order valence-corrected chi connectivity index (χ4v) is 2.35. The van der Waals surface area contributed by atoms with Crippen LogP contribution in [0.2, 0.25) is 0 Å². The van der Waals surface area contributed by atoms with Gasteiger partial charge in [0, 0.05) is 5.33 Å². The molecule has 4 heteroatoms. The van der Waals surface area contributed by atoms with Crippen LogP contribution in [-0.4, -0.2) is 26.8 Å². The Labute approximate surface area is 104 Å². The predicted molar refractivity (Wildman–Crippen MR) is 67.0 cm³/mol. The third-order valence-corrected chi connectivity index (χ3v) is 3.10. The Kier molecular flexibility index (Phi) is 4.77. The summed E-state index contributed by atoms with van der Waals surface area (Å²) in [6.45, 7) is 3.62. The van der Waals surface area contributed by atoms with E-state index in [0.717, 1.165) is 11.1 Å².